The van der Waals surface area contributed by atoms with E-state index < -0.39 is 33.0 Å². The number of anilines is 1. The van der Waals surface area contributed by atoms with Gasteiger partial charge in [-0.05, 0) is 60.9 Å². The molecule has 3 amide bonds. The van der Waals surface area contributed by atoms with Crippen molar-refractivity contribution < 1.29 is 27.9 Å². The molecule has 0 aliphatic carbocycles. The van der Waals surface area contributed by atoms with Gasteiger partial charge in [0.25, 0.3) is 5.91 Å². The Morgan fingerprint density at radius 2 is 1.59 bits per heavy atom. The number of carbonyl (C=O) groups is 3. The summed E-state index contributed by atoms with van der Waals surface area (Å²) >= 11 is 1.24. The fourth-order valence-corrected chi connectivity index (χ4v) is 5.71. The second kappa shape index (κ2) is 12.7. The Morgan fingerprint density at radius 1 is 0.902 bits per heavy atom. The molecule has 0 aliphatic heterocycles. The van der Waals surface area contributed by atoms with Crippen LogP contribution in [0.15, 0.2) is 83.1 Å². The van der Waals surface area contributed by atoms with E-state index in [-0.39, 0.29) is 23.5 Å². The van der Waals surface area contributed by atoms with E-state index in [1.165, 1.54) is 35.6 Å². The third-order valence-corrected chi connectivity index (χ3v) is 8.98. The van der Waals surface area contributed by atoms with Crippen molar-refractivity contribution in [3.63, 3.8) is 0 Å². The van der Waals surface area contributed by atoms with Gasteiger partial charge in [0.05, 0.1) is 22.4 Å². The Bertz CT molecular complexity index is 1700. The zero-order valence-electron chi connectivity index (χ0n) is 22.2. The molecule has 4 N–H and O–H groups in total. The van der Waals surface area contributed by atoms with Gasteiger partial charge in [-0.3, -0.25) is 9.59 Å². The molecular formula is C29H28N4O6S2. The van der Waals surface area contributed by atoms with E-state index in [1.54, 1.807) is 19.2 Å². The van der Waals surface area contributed by atoms with Crippen LogP contribution in [0, 0.1) is 0 Å². The number of nitrogens with one attached hydrogen (secondary N) is 3. The molecule has 0 fully saturated rings. The highest BCUT2D eigenvalue weighted by atomic mass is 32.2. The minimum atomic E-state index is -3.54. The Hall–Kier alpha value is -4.55. The van der Waals surface area contributed by atoms with Gasteiger partial charge in [-0.25, -0.2) is 18.2 Å². The van der Waals surface area contributed by atoms with E-state index in [2.05, 4.69) is 20.9 Å². The Balaban J connectivity index is 1.38. The molecule has 1 heterocycles. The predicted molar refractivity (Wildman–Crippen MR) is 158 cm³/mol. The van der Waals surface area contributed by atoms with Gasteiger partial charge in [-0.1, -0.05) is 42.5 Å². The van der Waals surface area contributed by atoms with E-state index in [0.717, 1.165) is 22.3 Å². The largest absolute Gasteiger partial charge is 0.465 e. The minimum Gasteiger partial charge on any atom is -0.465 e. The van der Waals surface area contributed by atoms with Crippen LogP contribution in [0.4, 0.5) is 9.93 Å². The highest BCUT2D eigenvalue weighted by Crippen LogP contribution is 2.29. The summed E-state index contributed by atoms with van der Waals surface area (Å²) in [6, 6.07) is 20.9. The quantitative estimate of drug-likeness (QED) is 0.206. The molecule has 212 valence electrons. The van der Waals surface area contributed by atoms with Gasteiger partial charge in [0, 0.05) is 23.1 Å². The molecule has 0 bridgehead atoms. The molecule has 0 atom stereocenters. The van der Waals surface area contributed by atoms with E-state index in [9.17, 15) is 22.8 Å². The molecule has 41 heavy (non-hydrogen) atoms. The molecule has 0 unspecified atom stereocenters. The van der Waals surface area contributed by atoms with Crippen molar-refractivity contribution in [1.82, 2.24) is 15.6 Å². The Labute approximate surface area is 241 Å². The van der Waals surface area contributed by atoms with Gasteiger partial charge in [-0.15, -0.1) is 11.3 Å². The Morgan fingerprint density at radius 3 is 2.32 bits per heavy atom. The lowest BCUT2D eigenvalue weighted by atomic mass is 10.0. The molecule has 1 aromatic heterocycles. The molecule has 0 spiro atoms. The van der Waals surface area contributed by atoms with E-state index in [1.807, 2.05) is 48.5 Å². The number of rotatable bonds is 10. The number of nitrogens with zero attached hydrogens (tertiary/aromatic N) is 1. The van der Waals surface area contributed by atoms with Gasteiger partial charge in [-0.2, -0.15) is 0 Å². The molecule has 10 nitrogen and oxygen atoms in total. The third kappa shape index (κ3) is 7.56. The maximum Gasteiger partial charge on any atom is 0.404 e. The molecule has 0 saturated carbocycles. The van der Waals surface area contributed by atoms with Crippen LogP contribution in [-0.4, -0.2) is 48.2 Å². The van der Waals surface area contributed by atoms with Crippen LogP contribution < -0.4 is 16.0 Å². The van der Waals surface area contributed by atoms with Crippen LogP contribution in [-0.2, 0) is 21.2 Å². The predicted octanol–water partition coefficient (Wildman–Crippen LogP) is 4.80. The molecular weight excluding hydrogens is 564 g/mol. The number of sulfone groups is 1. The number of amides is 3. The van der Waals surface area contributed by atoms with Gasteiger partial charge in [0.15, 0.2) is 15.0 Å². The molecule has 4 aromatic rings. The number of hydrogen-bond acceptors (Lipinski definition) is 7. The number of carbonyl (C=O) groups excluding carboxylic acids is 2. The summed E-state index contributed by atoms with van der Waals surface area (Å²) in [6.07, 6.45) is -1.09. The monoisotopic (exact) mass is 592 g/mol. The molecule has 0 saturated heterocycles. The maximum atomic E-state index is 12.5. The zero-order chi connectivity index (χ0) is 29.6. The lowest BCUT2D eigenvalue weighted by Crippen LogP contribution is -2.33. The lowest BCUT2D eigenvalue weighted by molar-refractivity contribution is -0.115. The fourth-order valence-electron chi connectivity index (χ4n) is 3.87. The van der Waals surface area contributed by atoms with Crippen LogP contribution in [0.1, 0.15) is 29.8 Å². The maximum absolute atomic E-state index is 12.5. The van der Waals surface area contributed by atoms with Crippen LogP contribution in [0.5, 0.6) is 0 Å². The van der Waals surface area contributed by atoms with E-state index >= 15 is 0 Å². The van der Waals surface area contributed by atoms with E-state index in [0.29, 0.717) is 10.8 Å². The standard InChI is InChI=1S/C29H28N4O6S2/c1-18(2)41(38,39)24-11-5-10-23(14-24)27(35)30-16-26(34)33-28-32-25(17-40-28)22-9-4-8-21(13-22)20-7-3-6-19(12-20)15-31-29(36)37/h3-14,17-18,31H,15-16H2,1-2H3,(H,30,35)(H,36,37)(H,32,33,34). The first-order valence-corrected chi connectivity index (χ1v) is 15.0. The second-order valence-corrected chi connectivity index (χ2v) is 12.7. The number of carboxylic acid groups (broad SMARTS) is 1. The van der Waals surface area contributed by atoms with Crippen LogP contribution >= 0.6 is 11.3 Å². The van der Waals surface area contributed by atoms with Crippen molar-refractivity contribution in [2.45, 2.75) is 30.5 Å². The SMILES string of the molecule is CC(C)S(=O)(=O)c1cccc(C(=O)NCC(=O)Nc2nc(-c3cccc(-c4cccc(CNC(=O)O)c4)c3)cs2)c1. The van der Waals surface area contributed by atoms with Crippen molar-refractivity contribution in [3.05, 3.63) is 89.3 Å². The normalized spacial score (nSPS) is 11.2. The summed E-state index contributed by atoms with van der Waals surface area (Å²) in [5.74, 6) is -1.05. The minimum absolute atomic E-state index is 0.0480. The van der Waals surface area contributed by atoms with Crippen molar-refractivity contribution in [2.24, 2.45) is 0 Å². The second-order valence-electron chi connectivity index (χ2n) is 9.33. The first-order chi connectivity index (χ1) is 19.5. The average molecular weight is 593 g/mol. The Kier molecular flexibility index (Phi) is 9.15. The number of thiazole rings is 1. The first kappa shape index (κ1) is 29.4. The van der Waals surface area contributed by atoms with Gasteiger partial charge < -0.3 is 21.1 Å². The highest BCUT2D eigenvalue weighted by Gasteiger charge is 2.20. The molecule has 0 aliphatic rings. The van der Waals surface area contributed by atoms with Crippen molar-refractivity contribution in [3.8, 4) is 22.4 Å². The summed E-state index contributed by atoms with van der Waals surface area (Å²) in [5.41, 5.74) is 4.30. The molecule has 4 rings (SSSR count). The van der Waals surface area contributed by atoms with Gasteiger partial charge >= 0.3 is 6.09 Å². The van der Waals surface area contributed by atoms with Crippen molar-refractivity contribution >= 4 is 44.2 Å². The van der Waals surface area contributed by atoms with Crippen molar-refractivity contribution in [1.29, 1.82) is 0 Å². The highest BCUT2D eigenvalue weighted by molar-refractivity contribution is 7.92. The topological polar surface area (TPSA) is 155 Å². The molecule has 12 heteroatoms. The van der Waals surface area contributed by atoms with Crippen LogP contribution in [0.3, 0.4) is 0 Å². The smallest absolute Gasteiger partial charge is 0.404 e. The zero-order valence-corrected chi connectivity index (χ0v) is 23.9. The molecule has 3 aromatic carbocycles. The average Bonchev–Trinajstić information content (AvgIpc) is 3.43. The first-order valence-electron chi connectivity index (χ1n) is 12.6. The lowest BCUT2D eigenvalue weighted by Gasteiger charge is -2.10. The summed E-state index contributed by atoms with van der Waals surface area (Å²) in [4.78, 5) is 40.4. The number of benzene rings is 3. The van der Waals surface area contributed by atoms with E-state index in [4.69, 9.17) is 5.11 Å². The third-order valence-electron chi connectivity index (χ3n) is 6.07. The number of hydrogen-bond donors (Lipinski definition) is 4. The summed E-state index contributed by atoms with van der Waals surface area (Å²) in [5, 5.41) is 17.9. The number of aromatic nitrogens is 1. The summed E-state index contributed by atoms with van der Waals surface area (Å²) < 4.78 is 24.8. The van der Waals surface area contributed by atoms with Crippen molar-refractivity contribution in [2.75, 3.05) is 11.9 Å². The molecule has 0 radical (unpaired) electrons. The van der Waals surface area contributed by atoms with Gasteiger partial charge in [0.1, 0.15) is 0 Å². The van der Waals surface area contributed by atoms with Crippen LogP contribution in [0.25, 0.3) is 22.4 Å². The van der Waals surface area contributed by atoms with Crippen LogP contribution in [0.2, 0.25) is 0 Å². The fraction of sp³-hybridized carbons (Fsp3) is 0.172. The van der Waals surface area contributed by atoms with Gasteiger partial charge in [0.2, 0.25) is 5.91 Å². The summed E-state index contributed by atoms with van der Waals surface area (Å²) in [6.45, 7) is 3.01. The summed E-state index contributed by atoms with van der Waals surface area (Å²) in [7, 11) is -3.54.